The van der Waals surface area contributed by atoms with Crippen LogP contribution >= 0.6 is 34.8 Å². The van der Waals surface area contributed by atoms with E-state index in [2.05, 4.69) is 5.32 Å². The van der Waals surface area contributed by atoms with Crippen molar-refractivity contribution in [3.8, 4) is 0 Å². The molecule has 0 bridgehead atoms. The fourth-order valence-electron chi connectivity index (χ4n) is 1.61. The number of benzene rings is 2. The molecular weight excluding hydrogens is 305 g/mol. The van der Waals surface area contributed by atoms with E-state index in [9.17, 15) is 4.79 Å². The summed E-state index contributed by atoms with van der Waals surface area (Å²) in [6, 6.07) is 12.1. The first-order valence-electron chi connectivity index (χ1n) is 5.54. The first kappa shape index (κ1) is 14.2. The molecule has 0 aliphatic carbocycles. The number of halogens is 3. The summed E-state index contributed by atoms with van der Waals surface area (Å²) >= 11 is 17.5. The number of carbonyl (C=O) groups is 1. The van der Waals surface area contributed by atoms with Crippen LogP contribution in [0.3, 0.4) is 0 Å². The summed E-state index contributed by atoms with van der Waals surface area (Å²) in [5.74, 6) is -0.138. The van der Waals surface area contributed by atoms with Gasteiger partial charge in [-0.1, -0.05) is 46.9 Å². The SMILES string of the molecule is O=C(Cc1cccc(Cl)c1)Nc1ccc(Cl)c(Cl)c1. The van der Waals surface area contributed by atoms with E-state index in [0.29, 0.717) is 20.8 Å². The van der Waals surface area contributed by atoms with Crippen LogP contribution in [0.1, 0.15) is 5.56 Å². The normalized spacial score (nSPS) is 10.3. The Kier molecular flexibility index (Phi) is 4.70. The molecule has 2 nitrogen and oxygen atoms in total. The van der Waals surface area contributed by atoms with Gasteiger partial charge in [-0.25, -0.2) is 0 Å². The van der Waals surface area contributed by atoms with Gasteiger partial charge >= 0.3 is 0 Å². The Bertz CT molecular complexity index is 613. The van der Waals surface area contributed by atoms with E-state index in [4.69, 9.17) is 34.8 Å². The van der Waals surface area contributed by atoms with Crippen molar-refractivity contribution >= 4 is 46.4 Å². The minimum atomic E-state index is -0.138. The Morgan fingerprint density at radius 1 is 1.00 bits per heavy atom. The second-order valence-corrected chi connectivity index (χ2v) is 5.23. The molecule has 19 heavy (non-hydrogen) atoms. The van der Waals surface area contributed by atoms with E-state index in [0.717, 1.165) is 5.56 Å². The zero-order valence-corrected chi connectivity index (χ0v) is 12.1. The largest absolute Gasteiger partial charge is 0.326 e. The number of amides is 1. The molecule has 0 heterocycles. The topological polar surface area (TPSA) is 29.1 Å². The molecule has 0 saturated heterocycles. The monoisotopic (exact) mass is 313 g/mol. The van der Waals surface area contributed by atoms with Crippen LogP contribution in [0, 0.1) is 0 Å². The average molecular weight is 315 g/mol. The van der Waals surface area contributed by atoms with E-state index in [1.165, 1.54) is 0 Å². The van der Waals surface area contributed by atoms with Gasteiger partial charge in [0.25, 0.3) is 0 Å². The minimum Gasteiger partial charge on any atom is -0.326 e. The van der Waals surface area contributed by atoms with E-state index < -0.39 is 0 Å². The van der Waals surface area contributed by atoms with E-state index >= 15 is 0 Å². The molecule has 2 aromatic rings. The Morgan fingerprint density at radius 2 is 1.79 bits per heavy atom. The van der Waals surface area contributed by atoms with Crippen LogP contribution in [0.15, 0.2) is 42.5 Å². The van der Waals surface area contributed by atoms with Crippen LogP contribution < -0.4 is 5.32 Å². The summed E-state index contributed by atoms with van der Waals surface area (Å²) in [5.41, 5.74) is 1.46. The van der Waals surface area contributed by atoms with E-state index in [1.54, 1.807) is 30.3 Å². The van der Waals surface area contributed by atoms with Gasteiger partial charge in [0.1, 0.15) is 0 Å². The third kappa shape index (κ3) is 4.13. The first-order chi connectivity index (χ1) is 9.04. The number of hydrogen-bond acceptors (Lipinski definition) is 1. The lowest BCUT2D eigenvalue weighted by Crippen LogP contribution is -2.14. The highest BCUT2D eigenvalue weighted by molar-refractivity contribution is 6.42. The second kappa shape index (κ2) is 6.29. The van der Waals surface area contributed by atoms with Crippen LogP contribution in [0.4, 0.5) is 5.69 Å². The molecule has 0 spiro atoms. The van der Waals surface area contributed by atoms with Crippen molar-refractivity contribution in [2.45, 2.75) is 6.42 Å². The number of nitrogens with one attached hydrogen (secondary N) is 1. The number of carbonyl (C=O) groups excluding carboxylic acids is 1. The zero-order valence-electron chi connectivity index (χ0n) is 9.79. The van der Waals surface area contributed by atoms with Gasteiger partial charge in [-0.05, 0) is 35.9 Å². The zero-order chi connectivity index (χ0) is 13.8. The van der Waals surface area contributed by atoms with Crippen molar-refractivity contribution in [1.82, 2.24) is 0 Å². The molecule has 1 N–H and O–H groups in total. The van der Waals surface area contributed by atoms with Gasteiger partial charge in [0.15, 0.2) is 0 Å². The summed E-state index contributed by atoms with van der Waals surface area (Å²) in [7, 11) is 0. The molecule has 0 fully saturated rings. The third-order valence-corrected chi connectivity index (χ3v) is 3.43. The molecule has 0 aromatic heterocycles. The van der Waals surface area contributed by atoms with Gasteiger partial charge in [0.05, 0.1) is 16.5 Å². The average Bonchev–Trinajstić information content (AvgIpc) is 2.34. The van der Waals surface area contributed by atoms with Gasteiger partial charge in [0, 0.05) is 10.7 Å². The standard InChI is InChI=1S/C14H10Cl3NO/c15-10-3-1-2-9(6-10)7-14(19)18-11-4-5-12(16)13(17)8-11/h1-6,8H,7H2,(H,18,19). The van der Waals surface area contributed by atoms with E-state index in [-0.39, 0.29) is 12.3 Å². The summed E-state index contributed by atoms with van der Waals surface area (Å²) in [6.45, 7) is 0. The van der Waals surface area contributed by atoms with Crippen molar-refractivity contribution in [2.24, 2.45) is 0 Å². The van der Waals surface area contributed by atoms with Crippen molar-refractivity contribution in [1.29, 1.82) is 0 Å². The van der Waals surface area contributed by atoms with Gasteiger partial charge in [-0.3, -0.25) is 4.79 Å². The maximum atomic E-state index is 11.9. The highest BCUT2D eigenvalue weighted by Gasteiger charge is 2.06. The molecular formula is C14H10Cl3NO. The summed E-state index contributed by atoms with van der Waals surface area (Å²) in [6.07, 6.45) is 0.251. The molecule has 0 saturated carbocycles. The number of hydrogen-bond donors (Lipinski definition) is 1. The van der Waals surface area contributed by atoms with Crippen molar-refractivity contribution < 1.29 is 4.79 Å². The Morgan fingerprint density at radius 3 is 2.47 bits per heavy atom. The predicted octanol–water partition coefficient (Wildman–Crippen LogP) is 4.83. The maximum Gasteiger partial charge on any atom is 0.228 e. The molecule has 0 unspecified atom stereocenters. The van der Waals surface area contributed by atoms with Crippen molar-refractivity contribution in [2.75, 3.05) is 5.32 Å². The molecule has 0 radical (unpaired) electrons. The van der Waals surface area contributed by atoms with Gasteiger partial charge in [-0.15, -0.1) is 0 Å². The smallest absolute Gasteiger partial charge is 0.228 e. The highest BCUT2D eigenvalue weighted by atomic mass is 35.5. The highest BCUT2D eigenvalue weighted by Crippen LogP contribution is 2.25. The predicted molar refractivity (Wildman–Crippen MR) is 80.2 cm³/mol. The second-order valence-electron chi connectivity index (χ2n) is 3.98. The van der Waals surface area contributed by atoms with Gasteiger partial charge in [0.2, 0.25) is 5.91 Å². The molecule has 0 atom stereocenters. The molecule has 0 aliphatic rings. The van der Waals surface area contributed by atoms with Gasteiger partial charge < -0.3 is 5.32 Å². The van der Waals surface area contributed by atoms with Crippen LogP contribution in [0.2, 0.25) is 15.1 Å². The molecule has 2 aromatic carbocycles. The minimum absolute atomic E-state index is 0.138. The lowest BCUT2D eigenvalue weighted by Gasteiger charge is -2.06. The number of rotatable bonds is 3. The third-order valence-electron chi connectivity index (χ3n) is 2.46. The molecule has 5 heteroatoms. The summed E-state index contributed by atoms with van der Waals surface area (Å²) < 4.78 is 0. The maximum absolute atomic E-state index is 11.9. The summed E-state index contributed by atoms with van der Waals surface area (Å²) in [5, 5.41) is 4.22. The fourth-order valence-corrected chi connectivity index (χ4v) is 2.12. The first-order valence-corrected chi connectivity index (χ1v) is 6.67. The lowest BCUT2D eigenvalue weighted by molar-refractivity contribution is -0.115. The van der Waals surface area contributed by atoms with Crippen LogP contribution in [-0.2, 0) is 11.2 Å². The number of anilines is 1. The van der Waals surface area contributed by atoms with Crippen molar-refractivity contribution in [3.05, 3.63) is 63.1 Å². The molecule has 0 aliphatic heterocycles. The quantitative estimate of drug-likeness (QED) is 0.864. The molecule has 98 valence electrons. The van der Waals surface area contributed by atoms with Crippen LogP contribution in [-0.4, -0.2) is 5.91 Å². The van der Waals surface area contributed by atoms with Gasteiger partial charge in [-0.2, -0.15) is 0 Å². The van der Waals surface area contributed by atoms with E-state index in [1.807, 2.05) is 12.1 Å². The fraction of sp³-hybridized carbons (Fsp3) is 0.0714. The molecule has 2 rings (SSSR count). The Hall–Kier alpha value is -1.22. The van der Waals surface area contributed by atoms with Crippen LogP contribution in [0.5, 0.6) is 0 Å². The Balaban J connectivity index is 2.03. The molecule has 1 amide bonds. The lowest BCUT2D eigenvalue weighted by atomic mass is 10.1. The Labute approximate surface area is 126 Å². The summed E-state index contributed by atoms with van der Waals surface area (Å²) in [4.78, 5) is 11.9. The van der Waals surface area contributed by atoms with Crippen LogP contribution in [0.25, 0.3) is 0 Å². The van der Waals surface area contributed by atoms with Crippen molar-refractivity contribution in [3.63, 3.8) is 0 Å².